The van der Waals surface area contributed by atoms with E-state index in [0.29, 0.717) is 48.9 Å². The van der Waals surface area contributed by atoms with Crippen molar-refractivity contribution >= 4 is 17.4 Å². The number of aromatic nitrogens is 1. The molecular weight excluding hydrogens is 398 g/mol. The highest BCUT2D eigenvalue weighted by Crippen LogP contribution is 2.40. The molecule has 8 heteroatoms. The number of Topliss-reactive ketones (excluding diaryl/α,β-unsaturated/α-hetero) is 1. The quantitative estimate of drug-likeness (QED) is 0.433. The molecule has 1 unspecified atom stereocenters. The molecule has 0 bridgehead atoms. The highest BCUT2D eigenvalue weighted by molar-refractivity contribution is 6.46. The van der Waals surface area contributed by atoms with Gasteiger partial charge in [-0.15, -0.1) is 0 Å². The van der Waals surface area contributed by atoms with Gasteiger partial charge in [0.1, 0.15) is 25.0 Å². The standard InChI is InChI=1S/C23H25N3O5/c1-25(2)10-5-11-26-20(16-6-3-4-9-24-16)19(22(28)23(26)29)21(27)15-7-8-17-18(14-15)31-13-12-30-17/h3-4,6-9,14,20,27H,5,10-13H2,1-2H3. The van der Waals surface area contributed by atoms with Gasteiger partial charge in [-0.2, -0.15) is 0 Å². The molecule has 1 saturated heterocycles. The zero-order chi connectivity index (χ0) is 22.0. The van der Waals surface area contributed by atoms with Crippen LogP contribution in [0.2, 0.25) is 0 Å². The summed E-state index contributed by atoms with van der Waals surface area (Å²) in [7, 11) is 3.90. The summed E-state index contributed by atoms with van der Waals surface area (Å²) in [6.07, 6.45) is 2.30. The summed E-state index contributed by atoms with van der Waals surface area (Å²) in [6.45, 7) is 2.00. The van der Waals surface area contributed by atoms with E-state index in [1.54, 1.807) is 42.6 Å². The summed E-state index contributed by atoms with van der Waals surface area (Å²) in [5.74, 6) is -0.527. The number of pyridine rings is 1. The fourth-order valence-electron chi connectivity index (χ4n) is 3.86. The van der Waals surface area contributed by atoms with E-state index in [-0.39, 0.29) is 11.3 Å². The molecule has 0 aliphatic carbocycles. The molecule has 31 heavy (non-hydrogen) atoms. The van der Waals surface area contributed by atoms with E-state index in [4.69, 9.17) is 9.47 Å². The number of amides is 1. The minimum absolute atomic E-state index is 0.0326. The molecule has 1 atom stereocenters. The Labute approximate surface area is 180 Å². The van der Waals surface area contributed by atoms with Crippen LogP contribution in [0.15, 0.2) is 48.2 Å². The third-order valence-electron chi connectivity index (χ3n) is 5.33. The van der Waals surface area contributed by atoms with Crippen molar-refractivity contribution in [2.24, 2.45) is 0 Å². The molecule has 1 amide bonds. The summed E-state index contributed by atoms with van der Waals surface area (Å²) in [5.41, 5.74) is 0.951. The summed E-state index contributed by atoms with van der Waals surface area (Å²) >= 11 is 0. The van der Waals surface area contributed by atoms with Crippen LogP contribution in [0, 0.1) is 0 Å². The van der Waals surface area contributed by atoms with Crippen molar-refractivity contribution < 1.29 is 24.2 Å². The Hall–Kier alpha value is -3.39. The van der Waals surface area contributed by atoms with Crippen LogP contribution >= 0.6 is 0 Å². The van der Waals surface area contributed by atoms with Crippen LogP contribution in [-0.4, -0.2) is 72.0 Å². The predicted octanol–water partition coefficient (Wildman–Crippen LogP) is 2.23. The van der Waals surface area contributed by atoms with Gasteiger partial charge in [0.15, 0.2) is 11.5 Å². The van der Waals surface area contributed by atoms with Crippen molar-refractivity contribution in [2.75, 3.05) is 40.4 Å². The van der Waals surface area contributed by atoms with E-state index in [2.05, 4.69) is 4.98 Å². The average Bonchev–Trinajstić information content (AvgIpc) is 3.03. The van der Waals surface area contributed by atoms with Crippen molar-refractivity contribution in [3.8, 4) is 11.5 Å². The summed E-state index contributed by atoms with van der Waals surface area (Å²) in [6, 6.07) is 9.53. The number of hydrogen-bond acceptors (Lipinski definition) is 7. The molecule has 1 fully saturated rings. The van der Waals surface area contributed by atoms with Crippen molar-refractivity contribution in [1.29, 1.82) is 0 Å². The fourth-order valence-corrected chi connectivity index (χ4v) is 3.86. The number of rotatable bonds is 6. The van der Waals surface area contributed by atoms with E-state index in [1.807, 2.05) is 19.0 Å². The Morgan fingerprint density at radius 2 is 1.94 bits per heavy atom. The highest BCUT2D eigenvalue weighted by atomic mass is 16.6. The number of likely N-dealkylation sites (tertiary alicyclic amines) is 1. The first-order chi connectivity index (χ1) is 15.0. The lowest BCUT2D eigenvalue weighted by molar-refractivity contribution is -0.140. The van der Waals surface area contributed by atoms with Crippen LogP contribution in [0.25, 0.3) is 5.76 Å². The van der Waals surface area contributed by atoms with Gasteiger partial charge < -0.3 is 24.4 Å². The molecule has 2 aromatic rings. The smallest absolute Gasteiger partial charge is 0.295 e. The Bertz CT molecular complexity index is 1020. The maximum absolute atomic E-state index is 13.0. The van der Waals surface area contributed by atoms with Gasteiger partial charge in [0.05, 0.1) is 11.3 Å². The lowest BCUT2D eigenvalue weighted by Gasteiger charge is -2.25. The van der Waals surface area contributed by atoms with Gasteiger partial charge >= 0.3 is 0 Å². The van der Waals surface area contributed by atoms with Crippen molar-refractivity contribution in [3.63, 3.8) is 0 Å². The normalized spacial score (nSPS) is 19.8. The number of nitrogens with zero attached hydrogens (tertiary/aromatic N) is 3. The first-order valence-electron chi connectivity index (χ1n) is 10.2. The van der Waals surface area contributed by atoms with Crippen molar-refractivity contribution in [1.82, 2.24) is 14.8 Å². The Balaban J connectivity index is 1.76. The highest BCUT2D eigenvalue weighted by Gasteiger charge is 2.46. The van der Waals surface area contributed by atoms with E-state index in [0.717, 1.165) is 6.54 Å². The van der Waals surface area contributed by atoms with Crippen molar-refractivity contribution in [2.45, 2.75) is 12.5 Å². The zero-order valence-electron chi connectivity index (χ0n) is 17.6. The second-order valence-electron chi connectivity index (χ2n) is 7.76. The van der Waals surface area contributed by atoms with Gasteiger partial charge in [-0.3, -0.25) is 14.6 Å². The number of benzene rings is 1. The van der Waals surface area contributed by atoms with E-state index in [1.165, 1.54) is 4.90 Å². The van der Waals surface area contributed by atoms with E-state index >= 15 is 0 Å². The largest absolute Gasteiger partial charge is 0.507 e. The number of aliphatic hydroxyl groups is 1. The monoisotopic (exact) mass is 423 g/mol. The summed E-state index contributed by atoms with van der Waals surface area (Å²) in [5, 5.41) is 11.1. The maximum Gasteiger partial charge on any atom is 0.295 e. The van der Waals surface area contributed by atoms with Gasteiger partial charge in [0.2, 0.25) is 0 Å². The van der Waals surface area contributed by atoms with Gasteiger partial charge in [0.25, 0.3) is 11.7 Å². The molecule has 0 spiro atoms. The molecule has 0 radical (unpaired) electrons. The van der Waals surface area contributed by atoms with Crippen LogP contribution in [-0.2, 0) is 9.59 Å². The molecule has 4 rings (SSSR count). The molecule has 162 valence electrons. The zero-order valence-corrected chi connectivity index (χ0v) is 17.6. The first-order valence-corrected chi connectivity index (χ1v) is 10.2. The Morgan fingerprint density at radius 1 is 1.16 bits per heavy atom. The molecule has 1 aromatic carbocycles. The molecule has 8 nitrogen and oxygen atoms in total. The number of carbonyl (C=O) groups excluding carboxylic acids is 2. The molecule has 3 heterocycles. The molecule has 0 saturated carbocycles. The Morgan fingerprint density at radius 3 is 2.65 bits per heavy atom. The average molecular weight is 423 g/mol. The molecular formula is C23H25N3O5. The van der Waals surface area contributed by atoms with Crippen molar-refractivity contribution in [3.05, 3.63) is 59.4 Å². The van der Waals surface area contributed by atoms with Crippen LogP contribution < -0.4 is 9.47 Å². The molecule has 2 aliphatic heterocycles. The number of hydrogen-bond donors (Lipinski definition) is 1. The number of ketones is 1. The van der Waals surface area contributed by atoms with Crippen LogP contribution in [0.5, 0.6) is 11.5 Å². The third kappa shape index (κ3) is 4.11. The number of ether oxygens (including phenoxy) is 2. The minimum Gasteiger partial charge on any atom is -0.507 e. The summed E-state index contributed by atoms with van der Waals surface area (Å²) < 4.78 is 11.1. The van der Waals surface area contributed by atoms with Crippen LogP contribution in [0.4, 0.5) is 0 Å². The third-order valence-corrected chi connectivity index (χ3v) is 5.33. The first kappa shape index (κ1) is 20.9. The molecule has 1 N–H and O–H groups in total. The van der Waals surface area contributed by atoms with E-state index < -0.39 is 17.7 Å². The molecule has 1 aromatic heterocycles. The van der Waals surface area contributed by atoms with Gasteiger partial charge in [-0.25, -0.2) is 0 Å². The minimum atomic E-state index is -0.753. The van der Waals surface area contributed by atoms with E-state index in [9.17, 15) is 14.7 Å². The van der Waals surface area contributed by atoms with Crippen LogP contribution in [0.1, 0.15) is 23.7 Å². The van der Waals surface area contributed by atoms with Gasteiger partial charge in [-0.1, -0.05) is 6.07 Å². The van der Waals surface area contributed by atoms with Crippen LogP contribution in [0.3, 0.4) is 0 Å². The lowest BCUT2D eigenvalue weighted by atomic mass is 9.98. The van der Waals surface area contributed by atoms with Gasteiger partial charge in [0, 0.05) is 18.3 Å². The van der Waals surface area contributed by atoms with Gasteiger partial charge in [-0.05, 0) is 57.4 Å². The SMILES string of the molecule is CN(C)CCCN1C(=O)C(=O)C(=C(O)c2ccc3c(c2)OCCO3)C1c1ccccn1. The maximum atomic E-state index is 13.0. The topological polar surface area (TPSA) is 92.2 Å². The molecule has 2 aliphatic rings. The number of fused-ring (bicyclic) bond motifs is 1. The predicted molar refractivity (Wildman–Crippen MR) is 114 cm³/mol. The number of carbonyl (C=O) groups is 2. The Kier molecular flexibility index (Phi) is 5.90. The lowest BCUT2D eigenvalue weighted by Crippen LogP contribution is -2.32. The number of aliphatic hydroxyl groups excluding tert-OH is 1. The fraction of sp³-hybridized carbons (Fsp3) is 0.348. The second-order valence-corrected chi connectivity index (χ2v) is 7.76. The second kappa shape index (κ2) is 8.77. The summed E-state index contributed by atoms with van der Waals surface area (Å²) in [4.78, 5) is 33.8.